The molecule has 0 aromatic heterocycles. The highest BCUT2D eigenvalue weighted by atomic mass is 79.9. The average Bonchev–Trinajstić information content (AvgIpc) is 2.74. The van der Waals surface area contributed by atoms with Crippen LogP contribution in [0.3, 0.4) is 0 Å². The van der Waals surface area contributed by atoms with Crippen molar-refractivity contribution in [1.82, 2.24) is 0 Å². The van der Waals surface area contributed by atoms with Gasteiger partial charge in [-0.2, -0.15) is 0 Å². The molecule has 0 saturated carbocycles. The molecule has 0 heterocycles. The highest BCUT2D eigenvalue weighted by molar-refractivity contribution is 9.10. The number of rotatable bonds is 7. The SMILES string of the molecule is COc1cccc(OCc2cc(C(=O)Nc3ccc(Br)cc3F)ccc2OC)c1. The van der Waals surface area contributed by atoms with E-state index in [-0.39, 0.29) is 12.3 Å². The van der Waals surface area contributed by atoms with E-state index in [2.05, 4.69) is 21.2 Å². The molecule has 0 unspecified atom stereocenters. The van der Waals surface area contributed by atoms with Crippen LogP contribution < -0.4 is 19.5 Å². The van der Waals surface area contributed by atoms with Gasteiger partial charge in [-0.15, -0.1) is 0 Å². The third-order valence-corrected chi connectivity index (χ3v) is 4.65. The summed E-state index contributed by atoms with van der Waals surface area (Å²) in [4.78, 5) is 12.6. The van der Waals surface area contributed by atoms with Gasteiger partial charge in [0.25, 0.3) is 5.91 Å². The lowest BCUT2D eigenvalue weighted by Crippen LogP contribution is -2.14. The Morgan fingerprint density at radius 3 is 2.52 bits per heavy atom. The summed E-state index contributed by atoms with van der Waals surface area (Å²) in [7, 11) is 3.12. The first-order chi connectivity index (χ1) is 14.0. The molecule has 0 aliphatic rings. The molecule has 5 nitrogen and oxygen atoms in total. The van der Waals surface area contributed by atoms with Gasteiger partial charge in [0.05, 0.1) is 19.9 Å². The van der Waals surface area contributed by atoms with Crippen LogP contribution in [0.2, 0.25) is 0 Å². The lowest BCUT2D eigenvalue weighted by Gasteiger charge is -2.13. The number of halogens is 2. The molecule has 0 saturated heterocycles. The number of carbonyl (C=O) groups excluding carboxylic acids is 1. The van der Waals surface area contributed by atoms with Crippen molar-refractivity contribution in [2.24, 2.45) is 0 Å². The number of hydrogen-bond acceptors (Lipinski definition) is 4. The maximum atomic E-state index is 14.0. The summed E-state index contributed by atoms with van der Waals surface area (Å²) in [6.45, 7) is 0.185. The number of hydrogen-bond donors (Lipinski definition) is 1. The fourth-order valence-electron chi connectivity index (χ4n) is 2.67. The van der Waals surface area contributed by atoms with E-state index in [4.69, 9.17) is 14.2 Å². The fourth-order valence-corrected chi connectivity index (χ4v) is 3.00. The van der Waals surface area contributed by atoms with Crippen molar-refractivity contribution in [3.05, 3.63) is 82.1 Å². The summed E-state index contributed by atoms with van der Waals surface area (Å²) in [6, 6.07) is 16.6. The van der Waals surface area contributed by atoms with Crippen molar-refractivity contribution in [2.75, 3.05) is 19.5 Å². The van der Waals surface area contributed by atoms with Gasteiger partial charge in [0.2, 0.25) is 0 Å². The molecule has 1 N–H and O–H groups in total. The van der Waals surface area contributed by atoms with Crippen LogP contribution >= 0.6 is 15.9 Å². The highest BCUT2D eigenvalue weighted by Crippen LogP contribution is 2.25. The molecule has 150 valence electrons. The van der Waals surface area contributed by atoms with Gasteiger partial charge in [-0.1, -0.05) is 22.0 Å². The minimum atomic E-state index is -0.525. The molecule has 3 aromatic rings. The number of amides is 1. The van der Waals surface area contributed by atoms with Crippen molar-refractivity contribution in [2.45, 2.75) is 6.61 Å². The molecule has 0 fully saturated rings. The summed E-state index contributed by atoms with van der Waals surface area (Å²) in [5.74, 6) is 0.927. The van der Waals surface area contributed by atoms with Crippen LogP contribution in [0, 0.1) is 5.82 Å². The van der Waals surface area contributed by atoms with Crippen molar-refractivity contribution in [1.29, 1.82) is 0 Å². The van der Waals surface area contributed by atoms with Crippen LogP contribution in [-0.2, 0) is 6.61 Å². The van der Waals surface area contributed by atoms with E-state index >= 15 is 0 Å². The zero-order valence-electron chi connectivity index (χ0n) is 15.9. The molecule has 29 heavy (non-hydrogen) atoms. The van der Waals surface area contributed by atoms with Crippen molar-refractivity contribution in [3.63, 3.8) is 0 Å². The van der Waals surface area contributed by atoms with E-state index in [1.807, 2.05) is 18.2 Å². The van der Waals surface area contributed by atoms with Crippen LogP contribution in [-0.4, -0.2) is 20.1 Å². The molecule has 3 rings (SSSR count). The molecule has 3 aromatic carbocycles. The molecular formula is C22H19BrFNO4. The topological polar surface area (TPSA) is 56.8 Å². The number of benzene rings is 3. The monoisotopic (exact) mass is 459 g/mol. The Kier molecular flexibility index (Phi) is 6.72. The molecule has 0 atom stereocenters. The predicted molar refractivity (Wildman–Crippen MR) is 112 cm³/mol. The van der Waals surface area contributed by atoms with Gasteiger partial charge in [0.15, 0.2) is 0 Å². The molecule has 1 amide bonds. The van der Waals surface area contributed by atoms with Crippen LogP contribution in [0.1, 0.15) is 15.9 Å². The second kappa shape index (κ2) is 9.43. The van der Waals surface area contributed by atoms with Gasteiger partial charge in [-0.05, 0) is 48.5 Å². The van der Waals surface area contributed by atoms with Gasteiger partial charge < -0.3 is 19.5 Å². The van der Waals surface area contributed by atoms with Gasteiger partial charge in [-0.25, -0.2) is 4.39 Å². The van der Waals surface area contributed by atoms with Crippen molar-refractivity contribution >= 4 is 27.5 Å². The number of nitrogens with one attached hydrogen (secondary N) is 1. The second-order valence-electron chi connectivity index (χ2n) is 6.07. The molecule has 0 spiro atoms. The summed E-state index contributed by atoms with van der Waals surface area (Å²) < 4.78 is 30.9. The number of anilines is 1. The number of carbonyl (C=O) groups is 1. The van der Waals surface area contributed by atoms with Gasteiger partial charge in [0.1, 0.15) is 29.7 Å². The lowest BCUT2D eigenvalue weighted by molar-refractivity contribution is 0.102. The maximum Gasteiger partial charge on any atom is 0.255 e. The zero-order chi connectivity index (χ0) is 20.8. The summed E-state index contributed by atoms with van der Waals surface area (Å²) in [6.07, 6.45) is 0. The Labute approximate surface area is 176 Å². The van der Waals surface area contributed by atoms with Crippen molar-refractivity contribution in [3.8, 4) is 17.2 Å². The largest absolute Gasteiger partial charge is 0.497 e. The van der Waals surface area contributed by atoms with E-state index in [9.17, 15) is 9.18 Å². The fraction of sp³-hybridized carbons (Fsp3) is 0.136. The Morgan fingerprint density at radius 2 is 1.79 bits per heavy atom. The van der Waals surface area contributed by atoms with Crippen LogP contribution in [0.15, 0.2) is 65.1 Å². The van der Waals surface area contributed by atoms with Crippen molar-refractivity contribution < 1.29 is 23.4 Å². The van der Waals surface area contributed by atoms with Gasteiger partial charge in [-0.3, -0.25) is 4.79 Å². The lowest BCUT2D eigenvalue weighted by atomic mass is 10.1. The quantitative estimate of drug-likeness (QED) is 0.511. The summed E-state index contributed by atoms with van der Waals surface area (Å²) in [5, 5.41) is 2.57. The smallest absolute Gasteiger partial charge is 0.255 e. The predicted octanol–water partition coefficient (Wildman–Crippen LogP) is 5.44. The Balaban J connectivity index is 1.77. The Morgan fingerprint density at radius 1 is 1.00 bits per heavy atom. The first-order valence-electron chi connectivity index (χ1n) is 8.70. The van der Waals surface area contributed by atoms with Gasteiger partial charge >= 0.3 is 0 Å². The standard InChI is InChI=1S/C22H19BrFNO4/c1-27-17-4-3-5-18(12-17)29-13-15-10-14(6-9-21(15)28-2)22(26)25-20-8-7-16(23)11-19(20)24/h3-12H,13H2,1-2H3,(H,25,26). The molecule has 0 aliphatic carbocycles. The molecule has 7 heteroatoms. The van der Waals surface area contributed by atoms with E-state index in [0.717, 1.165) is 0 Å². The van der Waals surface area contributed by atoms with Crippen LogP contribution in [0.5, 0.6) is 17.2 Å². The van der Waals surface area contributed by atoms with E-state index < -0.39 is 11.7 Å². The molecule has 0 radical (unpaired) electrons. The van der Waals surface area contributed by atoms with Gasteiger partial charge in [0, 0.05) is 21.7 Å². The van der Waals surface area contributed by atoms with Crippen LogP contribution in [0.25, 0.3) is 0 Å². The molecule has 0 bridgehead atoms. The van der Waals surface area contributed by atoms with E-state index in [1.54, 1.807) is 44.6 Å². The number of ether oxygens (including phenoxy) is 3. The summed E-state index contributed by atoms with van der Waals surface area (Å²) >= 11 is 3.19. The first kappa shape index (κ1) is 20.7. The van der Waals surface area contributed by atoms with E-state index in [0.29, 0.717) is 32.8 Å². The van der Waals surface area contributed by atoms with Crippen LogP contribution in [0.4, 0.5) is 10.1 Å². The second-order valence-corrected chi connectivity index (χ2v) is 6.99. The third kappa shape index (κ3) is 5.26. The Hall–Kier alpha value is -3.06. The average molecular weight is 460 g/mol. The first-order valence-corrected chi connectivity index (χ1v) is 9.49. The molecular weight excluding hydrogens is 441 g/mol. The minimum Gasteiger partial charge on any atom is -0.497 e. The Bertz CT molecular complexity index is 1030. The number of methoxy groups -OCH3 is 2. The highest BCUT2D eigenvalue weighted by Gasteiger charge is 2.13. The zero-order valence-corrected chi connectivity index (χ0v) is 17.5. The normalized spacial score (nSPS) is 10.3. The summed E-state index contributed by atoms with van der Waals surface area (Å²) in [5.41, 5.74) is 1.14. The van der Waals surface area contributed by atoms with E-state index in [1.165, 1.54) is 12.1 Å². The maximum absolute atomic E-state index is 14.0. The third-order valence-electron chi connectivity index (χ3n) is 4.16. The molecule has 0 aliphatic heterocycles. The minimum absolute atomic E-state index is 0.100.